The van der Waals surface area contributed by atoms with Gasteiger partial charge >= 0.3 is 0 Å². The van der Waals surface area contributed by atoms with Crippen molar-refractivity contribution >= 4 is 28.8 Å². The molecule has 162 valence electrons. The van der Waals surface area contributed by atoms with Crippen molar-refractivity contribution in [2.75, 3.05) is 32.6 Å². The second-order valence-electron chi connectivity index (χ2n) is 7.34. The van der Waals surface area contributed by atoms with Gasteiger partial charge in [0.25, 0.3) is 11.8 Å². The first-order chi connectivity index (χ1) is 15.0. The maximum absolute atomic E-state index is 12.5. The van der Waals surface area contributed by atoms with Crippen LogP contribution in [0.25, 0.3) is 0 Å². The van der Waals surface area contributed by atoms with Crippen molar-refractivity contribution < 1.29 is 14.3 Å². The summed E-state index contributed by atoms with van der Waals surface area (Å²) in [6.07, 6.45) is 0.958. The van der Waals surface area contributed by atoms with Gasteiger partial charge in [0, 0.05) is 24.3 Å². The van der Waals surface area contributed by atoms with Crippen LogP contribution >= 0.6 is 11.3 Å². The summed E-state index contributed by atoms with van der Waals surface area (Å²) in [6.45, 7) is 2.05. The number of carbonyl (C=O) groups excluding carboxylic acids is 2. The predicted molar refractivity (Wildman–Crippen MR) is 125 cm³/mol. The van der Waals surface area contributed by atoms with Crippen LogP contribution in [0.4, 0.5) is 5.69 Å². The molecule has 0 saturated heterocycles. The summed E-state index contributed by atoms with van der Waals surface area (Å²) in [7, 11) is 4.07. The molecule has 2 N–H and O–H groups in total. The Morgan fingerprint density at radius 1 is 0.968 bits per heavy atom. The fraction of sp³-hybridized carbons (Fsp3) is 0.250. The number of carbonyl (C=O) groups is 2. The fourth-order valence-corrected chi connectivity index (χ4v) is 3.50. The number of hydrogen-bond acceptors (Lipinski definition) is 5. The maximum Gasteiger partial charge on any atom is 0.261 e. The first-order valence-corrected chi connectivity index (χ1v) is 11.0. The molecule has 0 radical (unpaired) electrons. The highest BCUT2D eigenvalue weighted by atomic mass is 32.1. The number of amides is 2. The van der Waals surface area contributed by atoms with Gasteiger partial charge < -0.3 is 20.3 Å². The SMILES string of the molecule is CN(C)CCCOc1ccc(NC(=O)c2ccc(CNC(=O)c3cccs3)cc2)cc1. The third-order valence-electron chi connectivity index (χ3n) is 4.54. The number of hydrogen-bond donors (Lipinski definition) is 2. The Morgan fingerprint density at radius 2 is 1.71 bits per heavy atom. The number of ether oxygens (including phenoxy) is 1. The molecule has 1 aromatic heterocycles. The van der Waals surface area contributed by atoms with Gasteiger partial charge in [-0.2, -0.15) is 0 Å². The molecular formula is C24H27N3O3S. The standard InChI is InChI=1S/C24H27N3O3S/c1-27(2)14-4-15-30-21-12-10-20(11-13-21)26-23(28)19-8-6-18(7-9-19)17-25-24(29)22-5-3-16-31-22/h3,5-13,16H,4,14-15,17H2,1-2H3,(H,25,29)(H,26,28). The highest BCUT2D eigenvalue weighted by molar-refractivity contribution is 7.12. The number of nitrogens with one attached hydrogen (secondary N) is 2. The molecule has 0 saturated carbocycles. The van der Waals surface area contributed by atoms with Crippen molar-refractivity contribution in [3.05, 3.63) is 82.0 Å². The minimum absolute atomic E-state index is 0.0954. The van der Waals surface area contributed by atoms with E-state index in [4.69, 9.17) is 4.74 Å². The zero-order chi connectivity index (χ0) is 22.1. The Kier molecular flexibility index (Phi) is 8.20. The smallest absolute Gasteiger partial charge is 0.261 e. The molecule has 0 aliphatic rings. The average Bonchev–Trinajstić information content (AvgIpc) is 3.31. The molecule has 0 bridgehead atoms. The van der Waals surface area contributed by atoms with Gasteiger partial charge in [-0.1, -0.05) is 18.2 Å². The molecule has 3 rings (SSSR count). The van der Waals surface area contributed by atoms with Gasteiger partial charge in [0.05, 0.1) is 11.5 Å². The van der Waals surface area contributed by atoms with Gasteiger partial charge in [-0.05, 0) is 73.9 Å². The molecule has 0 aliphatic carbocycles. The van der Waals surface area contributed by atoms with Crippen LogP contribution in [0.15, 0.2) is 66.0 Å². The van der Waals surface area contributed by atoms with Crippen LogP contribution in [-0.2, 0) is 6.54 Å². The molecule has 31 heavy (non-hydrogen) atoms. The van der Waals surface area contributed by atoms with Gasteiger partial charge in [-0.3, -0.25) is 9.59 Å². The fourth-order valence-electron chi connectivity index (χ4n) is 2.86. The van der Waals surface area contributed by atoms with Crippen LogP contribution < -0.4 is 15.4 Å². The Balaban J connectivity index is 1.46. The van der Waals surface area contributed by atoms with Crippen LogP contribution in [0.2, 0.25) is 0 Å². The summed E-state index contributed by atoms with van der Waals surface area (Å²) in [5.74, 6) is 0.501. The molecule has 0 spiro atoms. The highest BCUT2D eigenvalue weighted by Crippen LogP contribution is 2.17. The Morgan fingerprint density at radius 3 is 2.35 bits per heavy atom. The van der Waals surface area contributed by atoms with Crippen LogP contribution in [0.1, 0.15) is 32.0 Å². The van der Waals surface area contributed by atoms with Gasteiger partial charge in [-0.25, -0.2) is 0 Å². The van der Waals surface area contributed by atoms with E-state index in [1.54, 1.807) is 18.2 Å². The summed E-state index contributed by atoms with van der Waals surface area (Å²) < 4.78 is 5.71. The van der Waals surface area contributed by atoms with Crippen molar-refractivity contribution in [2.24, 2.45) is 0 Å². The molecule has 7 heteroatoms. The zero-order valence-electron chi connectivity index (χ0n) is 17.8. The van der Waals surface area contributed by atoms with E-state index in [9.17, 15) is 9.59 Å². The lowest BCUT2D eigenvalue weighted by atomic mass is 10.1. The monoisotopic (exact) mass is 437 g/mol. The van der Waals surface area contributed by atoms with E-state index in [2.05, 4.69) is 15.5 Å². The van der Waals surface area contributed by atoms with E-state index in [0.29, 0.717) is 29.3 Å². The minimum atomic E-state index is -0.186. The first-order valence-electron chi connectivity index (χ1n) is 10.1. The van der Waals surface area contributed by atoms with E-state index in [-0.39, 0.29) is 11.8 Å². The van der Waals surface area contributed by atoms with E-state index >= 15 is 0 Å². The summed E-state index contributed by atoms with van der Waals surface area (Å²) in [6, 6.07) is 18.2. The van der Waals surface area contributed by atoms with Gasteiger partial charge in [-0.15, -0.1) is 11.3 Å². The lowest BCUT2D eigenvalue weighted by molar-refractivity contribution is 0.0953. The number of anilines is 1. The quantitative estimate of drug-likeness (QED) is 0.465. The topological polar surface area (TPSA) is 70.7 Å². The first kappa shape index (κ1) is 22.5. The molecule has 6 nitrogen and oxygen atoms in total. The molecule has 3 aromatic rings. The molecule has 0 fully saturated rings. The number of thiophene rings is 1. The van der Waals surface area contributed by atoms with Crippen LogP contribution in [0.5, 0.6) is 5.75 Å². The summed E-state index contributed by atoms with van der Waals surface area (Å²) in [5.41, 5.74) is 2.19. The highest BCUT2D eigenvalue weighted by Gasteiger charge is 2.08. The molecule has 2 amide bonds. The second kappa shape index (κ2) is 11.3. The molecule has 0 atom stereocenters. The Labute approximate surface area is 186 Å². The molecular weight excluding hydrogens is 410 g/mol. The van der Waals surface area contributed by atoms with Gasteiger partial charge in [0.15, 0.2) is 0 Å². The largest absolute Gasteiger partial charge is 0.494 e. The van der Waals surface area contributed by atoms with Crippen LogP contribution in [-0.4, -0.2) is 44.0 Å². The molecule has 2 aromatic carbocycles. The van der Waals surface area contributed by atoms with E-state index in [1.165, 1.54) is 11.3 Å². The minimum Gasteiger partial charge on any atom is -0.494 e. The van der Waals surface area contributed by atoms with Crippen molar-refractivity contribution in [1.29, 1.82) is 0 Å². The Bertz CT molecular complexity index is 968. The average molecular weight is 438 g/mol. The van der Waals surface area contributed by atoms with Crippen molar-refractivity contribution in [2.45, 2.75) is 13.0 Å². The molecule has 0 aliphatic heterocycles. The van der Waals surface area contributed by atoms with Crippen LogP contribution in [0.3, 0.4) is 0 Å². The van der Waals surface area contributed by atoms with Crippen molar-refractivity contribution in [1.82, 2.24) is 10.2 Å². The summed E-state index contributed by atoms with van der Waals surface area (Å²) >= 11 is 1.41. The lowest BCUT2D eigenvalue weighted by Gasteiger charge is -2.11. The summed E-state index contributed by atoms with van der Waals surface area (Å²) in [5, 5.41) is 7.63. The van der Waals surface area contributed by atoms with Crippen molar-refractivity contribution in [3.8, 4) is 5.75 Å². The molecule has 1 heterocycles. The van der Waals surface area contributed by atoms with E-state index in [0.717, 1.165) is 24.3 Å². The Hall–Kier alpha value is -3.16. The lowest BCUT2D eigenvalue weighted by Crippen LogP contribution is -2.21. The van der Waals surface area contributed by atoms with E-state index in [1.807, 2.05) is 61.9 Å². The van der Waals surface area contributed by atoms with Crippen molar-refractivity contribution in [3.63, 3.8) is 0 Å². The third kappa shape index (κ3) is 7.24. The number of benzene rings is 2. The predicted octanol–water partition coefficient (Wildman–Crippen LogP) is 4.26. The number of rotatable bonds is 10. The second-order valence-corrected chi connectivity index (χ2v) is 8.29. The van der Waals surface area contributed by atoms with Gasteiger partial charge in [0.1, 0.15) is 5.75 Å². The normalized spacial score (nSPS) is 10.7. The zero-order valence-corrected chi connectivity index (χ0v) is 18.6. The van der Waals surface area contributed by atoms with E-state index < -0.39 is 0 Å². The third-order valence-corrected chi connectivity index (χ3v) is 5.41. The number of nitrogens with zero attached hydrogens (tertiary/aromatic N) is 1. The molecule has 0 unspecified atom stereocenters. The summed E-state index contributed by atoms with van der Waals surface area (Å²) in [4.78, 5) is 27.3. The van der Waals surface area contributed by atoms with Crippen LogP contribution in [0, 0.1) is 0 Å². The maximum atomic E-state index is 12.5. The van der Waals surface area contributed by atoms with Gasteiger partial charge in [0.2, 0.25) is 0 Å².